The highest BCUT2D eigenvalue weighted by Crippen LogP contribution is 2.23. The van der Waals surface area contributed by atoms with Gasteiger partial charge in [0.25, 0.3) is 0 Å². The van der Waals surface area contributed by atoms with Gasteiger partial charge in [0.05, 0.1) is 0 Å². The van der Waals surface area contributed by atoms with Crippen LogP contribution < -0.4 is 10.4 Å². The molecule has 102 valence electrons. The summed E-state index contributed by atoms with van der Waals surface area (Å²) in [5.41, 5.74) is 0.559. The van der Waals surface area contributed by atoms with Gasteiger partial charge < -0.3 is 9.15 Å². The minimum Gasteiger partial charge on any atom is -0.437 e. The van der Waals surface area contributed by atoms with Crippen molar-refractivity contribution in [1.29, 1.82) is 0 Å². The lowest BCUT2D eigenvalue weighted by atomic mass is 10.2. The molecule has 0 aliphatic carbocycles. The van der Waals surface area contributed by atoms with Gasteiger partial charge in [-0.05, 0) is 34.7 Å². The molecule has 0 N–H and O–H groups in total. The highest BCUT2D eigenvalue weighted by atomic mass is 16.5. The van der Waals surface area contributed by atoms with Crippen LogP contribution in [0.25, 0.3) is 16.6 Å². The van der Waals surface area contributed by atoms with Crippen molar-refractivity contribution in [2.24, 2.45) is 0 Å². The predicted molar refractivity (Wildman–Crippen MR) is 71.1 cm³/mol. The van der Waals surface area contributed by atoms with E-state index >= 15 is 0 Å². The summed E-state index contributed by atoms with van der Waals surface area (Å²) in [7, 11) is 0. The molecule has 0 bridgehead atoms. The summed E-state index contributed by atoms with van der Waals surface area (Å²) < 4.78 is 12.0. The molecule has 0 unspecified atom stereocenters. The molecule has 0 atom stereocenters. The third-order valence-electron chi connectivity index (χ3n) is 2.86. The maximum Gasteiger partial charge on any atom is 0.336 e. The second-order valence-corrected chi connectivity index (χ2v) is 4.25. The van der Waals surface area contributed by atoms with Gasteiger partial charge in [-0.25, -0.2) is 4.79 Å². The molecule has 0 amide bonds. The minimum absolute atomic E-state index is 0.326. The van der Waals surface area contributed by atoms with E-state index in [0.29, 0.717) is 22.9 Å². The molecular weight excluding hydrogens is 274 g/mol. The lowest BCUT2D eigenvalue weighted by Gasteiger charge is -2.04. The molecule has 8 nitrogen and oxygen atoms in total. The molecule has 1 aromatic carbocycles. The van der Waals surface area contributed by atoms with Crippen molar-refractivity contribution in [2.75, 3.05) is 0 Å². The average Bonchev–Trinajstić information content (AvgIpc) is 2.94. The Morgan fingerprint density at radius 3 is 2.95 bits per heavy atom. The number of benzene rings is 1. The Bertz CT molecular complexity index is 1010. The highest BCUT2D eigenvalue weighted by molar-refractivity contribution is 5.77. The van der Waals surface area contributed by atoms with E-state index in [2.05, 4.69) is 20.6 Å². The molecule has 0 fully saturated rings. The van der Waals surface area contributed by atoms with Crippen molar-refractivity contribution in [3.05, 3.63) is 52.9 Å². The summed E-state index contributed by atoms with van der Waals surface area (Å²) in [4.78, 5) is 11.2. The van der Waals surface area contributed by atoms with Crippen LogP contribution >= 0.6 is 0 Å². The van der Waals surface area contributed by atoms with Gasteiger partial charge in [-0.3, -0.25) is 0 Å². The lowest BCUT2D eigenvalue weighted by Crippen LogP contribution is -1.97. The molecule has 21 heavy (non-hydrogen) atoms. The van der Waals surface area contributed by atoms with E-state index in [4.69, 9.17) is 9.15 Å². The minimum atomic E-state index is -0.409. The Hall–Kier alpha value is -3.29. The second-order valence-electron chi connectivity index (χ2n) is 4.25. The van der Waals surface area contributed by atoms with Crippen molar-refractivity contribution in [3.8, 4) is 11.6 Å². The zero-order valence-electron chi connectivity index (χ0n) is 10.5. The van der Waals surface area contributed by atoms with Crippen molar-refractivity contribution in [3.63, 3.8) is 0 Å². The molecule has 0 aliphatic heterocycles. The monoisotopic (exact) mass is 281 g/mol. The first kappa shape index (κ1) is 11.5. The Kier molecular flexibility index (Phi) is 2.40. The van der Waals surface area contributed by atoms with Crippen LogP contribution in [0.15, 0.2) is 51.7 Å². The predicted octanol–water partition coefficient (Wildman–Crippen LogP) is 1.42. The van der Waals surface area contributed by atoms with Crippen LogP contribution in [0.4, 0.5) is 0 Å². The third-order valence-corrected chi connectivity index (χ3v) is 2.86. The first-order valence-corrected chi connectivity index (χ1v) is 6.05. The molecule has 0 saturated carbocycles. The Balaban J connectivity index is 1.74. The van der Waals surface area contributed by atoms with E-state index in [9.17, 15) is 4.79 Å². The maximum absolute atomic E-state index is 11.2. The van der Waals surface area contributed by atoms with E-state index in [1.54, 1.807) is 36.4 Å². The number of ether oxygens (including phenoxy) is 1. The van der Waals surface area contributed by atoms with Crippen LogP contribution in [0.5, 0.6) is 11.6 Å². The van der Waals surface area contributed by atoms with E-state index in [0.717, 1.165) is 5.39 Å². The van der Waals surface area contributed by atoms with Gasteiger partial charge >= 0.3 is 5.63 Å². The topological polar surface area (TPSA) is 95.4 Å². The zero-order chi connectivity index (χ0) is 14.2. The van der Waals surface area contributed by atoms with Gasteiger partial charge in [0, 0.05) is 23.6 Å². The fraction of sp³-hybridized carbons (Fsp3) is 0. The normalized spacial score (nSPS) is 11.0. The van der Waals surface area contributed by atoms with Gasteiger partial charge in [-0.15, -0.1) is 14.8 Å². The first-order chi connectivity index (χ1) is 10.3. The highest BCUT2D eigenvalue weighted by Gasteiger charge is 2.05. The van der Waals surface area contributed by atoms with E-state index in [-0.39, 0.29) is 0 Å². The Morgan fingerprint density at radius 1 is 1.10 bits per heavy atom. The van der Waals surface area contributed by atoms with Gasteiger partial charge in [0.1, 0.15) is 11.3 Å². The number of hydrogen-bond donors (Lipinski definition) is 0. The molecule has 0 saturated heterocycles. The van der Waals surface area contributed by atoms with Crippen molar-refractivity contribution in [2.45, 2.75) is 0 Å². The van der Waals surface area contributed by atoms with Crippen LogP contribution in [0.3, 0.4) is 0 Å². The fourth-order valence-corrected chi connectivity index (χ4v) is 1.91. The first-order valence-electron chi connectivity index (χ1n) is 6.05. The van der Waals surface area contributed by atoms with E-state index in [1.807, 2.05) is 0 Å². The number of rotatable bonds is 2. The summed E-state index contributed by atoms with van der Waals surface area (Å²) in [5.74, 6) is 0.823. The summed E-state index contributed by atoms with van der Waals surface area (Å²) in [6.07, 6.45) is 0. The second kappa shape index (κ2) is 4.37. The smallest absolute Gasteiger partial charge is 0.336 e. The van der Waals surface area contributed by atoms with E-state index in [1.165, 1.54) is 10.7 Å². The molecule has 0 aliphatic rings. The third kappa shape index (κ3) is 2.08. The molecular formula is C13H7N5O3. The molecule has 3 aromatic heterocycles. The number of aromatic nitrogens is 5. The quantitative estimate of drug-likeness (QED) is 0.512. The zero-order valence-corrected chi connectivity index (χ0v) is 10.5. The van der Waals surface area contributed by atoms with Crippen LogP contribution in [0.2, 0.25) is 0 Å². The van der Waals surface area contributed by atoms with Crippen LogP contribution in [0, 0.1) is 0 Å². The van der Waals surface area contributed by atoms with Crippen LogP contribution in [0.1, 0.15) is 0 Å². The Labute approximate surface area is 116 Å². The molecule has 3 heterocycles. The van der Waals surface area contributed by atoms with E-state index < -0.39 is 5.63 Å². The summed E-state index contributed by atoms with van der Waals surface area (Å²) in [6, 6.07) is 11.6. The van der Waals surface area contributed by atoms with Crippen molar-refractivity contribution >= 4 is 16.6 Å². The fourth-order valence-electron chi connectivity index (χ4n) is 1.91. The van der Waals surface area contributed by atoms with Crippen molar-refractivity contribution < 1.29 is 9.15 Å². The molecule has 0 spiro atoms. The largest absolute Gasteiger partial charge is 0.437 e. The van der Waals surface area contributed by atoms with Gasteiger partial charge in [0.15, 0.2) is 5.65 Å². The van der Waals surface area contributed by atoms with Crippen LogP contribution in [-0.2, 0) is 0 Å². The Morgan fingerprint density at radius 2 is 2.00 bits per heavy atom. The molecule has 4 rings (SSSR count). The van der Waals surface area contributed by atoms with Gasteiger partial charge in [-0.1, -0.05) is 0 Å². The summed E-state index contributed by atoms with van der Waals surface area (Å²) in [6.45, 7) is 0. The number of tetrazole rings is 1. The van der Waals surface area contributed by atoms with Gasteiger partial charge in [-0.2, -0.15) is 0 Å². The molecule has 0 radical (unpaired) electrons. The molecule has 8 heteroatoms. The van der Waals surface area contributed by atoms with Crippen LogP contribution in [-0.4, -0.2) is 25.3 Å². The lowest BCUT2D eigenvalue weighted by molar-refractivity contribution is 0.446. The summed E-state index contributed by atoms with van der Waals surface area (Å²) in [5, 5.41) is 15.8. The number of nitrogens with zero attached hydrogens (tertiary/aromatic N) is 5. The number of fused-ring (bicyclic) bond motifs is 2. The maximum atomic E-state index is 11.2. The molecule has 4 aromatic rings. The van der Waals surface area contributed by atoms with Gasteiger partial charge in [0.2, 0.25) is 5.88 Å². The SMILES string of the molecule is O=c1ccc2ccc(Oc3ccc4nnnn4n3)cc2o1. The standard InChI is InChI=1S/C13H7N5O3/c19-13-6-2-8-1-3-9(7-10(8)21-13)20-12-5-4-11-14-16-17-18(11)15-12/h1-7H. The summed E-state index contributed by atoms with van der Waals surface area (Å²) >= 11 is 0. The van der Waals surface area contributed by atoms with Crippen molar-refractivity contribution in [1.82, 2.24) is 25.3 Å². The average molecular weight is 281 g/mol. The number of hydrogen-bond acceptors (Lipinski definition) is 7.